The van der Waals surface area contributed by atoms with E-state index in [9.17, 15) is 14.9 Å². The highest BCUT2D eigenvalue weighted by Crippen LogP contribution is 2.26. The molecule has 202 valence electrons. The van der Waals surface area contributed by atoms with Gasteiger partial charge in [-0.3, -0.25) is 4.79 Å². The summed E-state index contributed by atoms with van der Waals surface area (Å²) in [6.45, 7) is 12.0. The van der Waals surface area contributed by atoms with Gasteiger partial charge in [-0.05, 0) is 58.1 Å². The zero-order chi connectivity index (χ0) is 27.2. The van der Waals surface area contributed by atoms with Crippen LogP contribution in [0.25, 0.3) is 11.0 Å². The number of hydrogen-bond donors (Lipinski definition) is 0. The molecule has 9 heteroatoms. The van der Waals surface area contributed by atoms with Crippen LogP contribution in [0.1, 0.15) is 64.5 Å². The minimum Gasteiger partial charge on any atom is -0.444 e. The lowest BCUT2D eigenvalue weighted by molar-refractivity contribution is 0.00472. The Balaban J connectivity index is 1.94. The second-order valence-corrected chi connectivity index (χ2v) is 11.2. The van der Waals surface area contributed by atoms with Crippen LogP contribution in [-0.2, 0) is 16.0 Å². The Hall–Kier alpha value is -3.12. The lowest BCUT2D eigenvalue weighted by Crippen LogP contribution is -2.55. The van der Waals surface area contributed by atoms with Crippen molar-refractivity contribution in [3.63, 3.8) is 0 Å². The van der Waals surface area contributed by atoms with E-state index < -0.39 is 11.7 Å². The molecule has 3 rings (SSSR count). The second-order valence-electron chi connectivity index (χ2n) is 11.2. The molecule has 1 aliphatic rings. The van der Waals surface area contributed by atoms with Crippen LogP contribution in [0.15, 0.2) is 24.3 Å². The molecule has 1 saturated heterocycles. The highest BCUT2D eigenvalue weighted by Gasteiger charge is 2.38. The first kappa shape index (κ1) is 28.5. The van der Waals surface area contributed by atoms with Gasteiger partial charge in [0.05, 0.1) is 29.1 Å². The number of fused-ring (bicyclic) bond motifs is 1. The molecule has 1 unspecified atom stereocenters. The summed E-state index contributed by atoms with van der Waals surface area (Å²) in [4.78, 5) is 35.2. The number of likely N-dealkylation sites (tertiary alicyclic amines) is 1. The summed E-state index contributed by atoms with van der Waals surface area (Å²) in [7, 11) is 1.69. The van der Waals surface area contributed by atoms with Gasteiger partial charge < -0.3 is 23.8 Å². The Kier molecular flexibility index (Phi) is 9.55. The van der Waals surface area contributed by atoms with Gasteiger partial charge in [0.25, 0.3) is 5.91 Å². The molecule has 2 amide bonds. The van der Waals surface area contributed by atoms with Crippen LogP contribution in [-0.4, -0.2) is 76.3 Å². The Morgan fingerprint density at radius 3 is 2.59 bits per heavy atom. The van der Waals surface area contributed by atoms with E-state index >= 15 is 0 Å². The maximum atomic E-state index is 14.2. The second kappa shape index (κ2) is 12.4. The van der Waals surface area contributed by atoms with Crippen molar-refractivity contribution in [3.05, 3.63) is 30.1 Å². The number of ether oxygens (including phenoxy) is 2. The summed E-state index contributed by atoms with van der Waals surface area (Å²) >= 11 is 0. The third kappa shape index (κ3) is 7.45. The number of carbonyl (C=O) groups is 2. The molecule has 37 heavy (non-hydrogen) atoms. The van der Waals surface area contributed by atoms with E-state index in [2.05, 4.69) is 19.9 Å². The van der Waals surface area contributed by atoms with E-state index in [0.717, 1.165) is 23.9 Å². The first-order chi connectivity index (χ1) is 17.5. The van der Waals surface area contributed by atoms with Gasteiger partial charge in [-0.2, -0.15) is 5.26 Å². The zero-order valence-corrected chi connectivity index (χ0v) is 23.1. The number of benzene rings is 1. The largest absolute Gasteiger partial charge is 0.444 e. The zero-order valence-electron chi connectivity index (χ0n) is 23.1. The molecule has 2 aromatic rings. The summed E-state index contributed by atoms with van der Waals surface area (Å²) in [5.74, 6) is 0.0223. The van der Waals surface area contributed by atoms with Crippen molar-refractivity contribution in [3.8, 4) is 6.07 Å². The van der Waals surface area contributed by atoms with Crippen LogP contribution in [0.3, 0.4) is 0 Å². The lowest BCUT2D eigenvalue weighted by Gasteiger charge is -2.41. The first-order valence-electron chi connectivity index (χ1n) is 13.2. The van der Waals surface area contributed by atoms with Crippen LogP contribution in [0, 0.1) is 23.2 Å². The van der Waals surface area contributed by atoms with Crippen molar-refractivity contribution in [1.82, 2.24) is 19.4 Å². The minimum absolute atomic E-state index is 0.177. The van der Waals surface area contributed by atoms with E-state index in [4.69, 9.17) is 14.5 Å². The first-order valence-corrected chi connectivity index (χ1v) is 13.2. The van der Waals surface area contributed by atoms with Crippen molar-refractivity contribution >= 4 is 23.0 Å². The van der Waals surface area contributed by atoms with E-state index in [0.29, 0.717) is 45.0 Å². The number of unbranched alkanes of at least 4 members (excludes halogenated alkanes) is 1. The summed E-state index contributed by atoms with van der Waals surface area (Å²) in [5.41, 5.74) is 1.05. The molecule has 1 aliphatic heterocycles. The minimum atomic E-state index is -0.646. The average Bonchev–Trinajstić information content (AvgIpc) is 3.22. The predicted octanol–water partition coefficient (Wildman–Crippen LogP) is 4.71. The topological polar surface area (TPSA) is 101 Å². The van der Waals surface area contributed by atoms with Gasteiger partial charge in [0.1, 0.15) is 5.60 Å². The number of nitrogens with zero attached hydrogens (tertiary/aromatic N) is 5. The summed E-state index contributed by atoms with van der Waals surface area (Å²) in [6, 6.07) is 9.78. The van der Waals surface area contributed by atoms with Crippen molar-refractivity contribution in [2.75, 3.05) is 33.4 Å². The number of aromatic nitrogens is 2. The van der Waals surface area contributed by atoms with Crippen molar-refractivity contribution in [2.45, 2.75) is 72.1 Å². The summed E-state index contributed by atoms with van der Waals surface area (Å²) in [5, 5.41) is 9.78. The Bertz CT molecular complexity index is 1110. The highest BCUT2D eigenvalue weighted by atomic mass is 16.6. The van der Waals surface area contributed by atoms with Gasteiger partial charge in [0, 0.05) is 39.9 Å². The number of aryl methyl sites for hydroxylation is 1. The van der Waals surface area contributed by atoms with Crippen molar-refractivity contribution in [2.24, 2.45) is 11.8 Å². The van der Waals surface area contributed by atoms with Crippen LogP contribution in [0.2, 0.25) is 0 Å². The summed E-state index contributed by atoms with van der Waals surface area (Å²) < 4.78 is 12.8. The van der Waals surface area contributed by atoms with Gasteiger partial charge in [-0.1, -0.05) is 26.0 Å². The SMILES string of the molecule is COCCCCn1c(C(=O)N(CC(C)C)[C@H]2CC(C#N)CN(C(=O)OC(C)(C)C)C2)nc2ccccc21. The number of methoxy groups -OCH3 is 1. The number of rotatable bonds is 9. The van der Waals surface area contributed by atoms with Gasteiger partial charge >= 0.3 is 6.09 Å². The number of hydrogen-bond acceptors (Lipinski definition) is 6. The van der Waals surface area contributed by atoms with Crippen molar-refractivity contribution < 1.29 is 19.1 Å². The number of imidazole rings is 1. The molecule has 9 nitrogen and oxygen atoms in total. The van der Waals surface area contributed by atoms with Crippen LogP contribution < -0.4 is 0 Å². The number of nitriles is 1. The van der Waals surface area contributed by atoms with E-state index in [1.807, 2.05) is 54.5 Å². The molecular weight excluding hydrogens is 470 g/mol. The quantitative estimate of drug-likeness (QED) is 0.452. The lowest BCUT2D eigenvalue weighted by atomic mass is 9.93. The normalized spacial score (nSPS) is 18.2. The fourth-order valence-electron chi connectivity index (χ4n) is 4.77. The molecule has 1 fully saturated rings. The third-order valence-electron chi connectivity index (χ3n) is 6.35. The van der Waals surface area contributed by atoms with Crippen LogP contribution in [0.5, 0.6) is 0 Å². The molecule has 0 spiro atoms. The average molecular weight is 512 g/mol. The Morgan fingerprint density at radius 2 is 1.95 bits per heavy atom. The molecule has 0 aliphatic carbocycles. The van der Waals surface area contributed by atoms with Crippen LogP contribution >= 0.6 is 0 Å². The van der Waals surface area contributed by atoms with E-state index in [-0.39, 0.29) is 23.8 Å². The number of carbonyl (C=O) groups excluding carboxylic acids is 2. The van der Waals surface area contributed by atoms with Gasteiger partial charge in [-0.25, -0.2) is 9.78 Å². The maximum absolute atomic E-state index is 14.2. The molecule has 0 saturated carbocycles. The third-order valence-corrected chi connectivity index (χ3v) is 6.35. The standard InChI is InChI=1S/C28H41N5O4/c1-20(2)17-33(22-15-21(16-29)18-31(19-22)27(35)37-28(3,4)5)26(34)25-30-23-11-7-8-12-24(23)32(25)13-9-10-14-36-6/h7-8,11-12,20-22H,9-10,13-15,17-19H2,1-6H3/t21?,22-/m0/s1. The molecule has 2 heterocycles. The Morgan fingerprint density at radius 1 is 1.22 bits per heavy atom. The van der Waals surface area contributed by atoms with Crippen LogP contribution in [0.4, 0.5) is 4.79 Å². The number of piperidine rings is 1. The number of amides is 2. The maximum Gasteiger partial charge on any atom is 0.410 e. The monoisotopic (exact) mass is 511 g/mol. The van der Waals surface area contributed by atoms with Gasteiger partial charge in [0.15, 0.2) is 5.82 Å². The predicted molar refractivity (Wildman–Crippen MR) is 142 cm³/mol. The van der Waals surface area contributed by atoms with Gasteiger partial charge in [0.2, 0.25) is 0 Å². The molecule has 1 aromatic heterocycles. The van der Waals surface area contributed by atoms with E-state index in [1.54, 1.807) is 12.0 Å². The molecule has 0 bridgehead atoms. The molecule has 0 radical (unpaired) electrons. The Labute approximate surface area is 220 Å². The molecule has 2 atom stereocenters. The highest BCUT2D eigenvalue weighted by molar-refractivity contribution is 5.95. The molecular formula is C28H41N5O4. The molecule has 1 aromatic carbocycles. The van der Waals surface area contributed by atoms with E-state index in [1.165, 1.54) is 0 Å². The molecule has 0 N–H and O–H groups in total. The number of para-hydroxylation sites is 2. The van der Waals surface area contributed by atoms with Gasteiger partial charge in [-0.15, -0.1) is 0 Å². The van der Waals surface area contributed by atoms with Crippen molar-refractivity contribution in [1.29, 1.82) is 5.26 Å². The fraction of sp³-hybridized carbons (Fsp3) is 0.643. The summed E-state index contributed by atoms with van der Waals surface area (Å²) in [6.07, 6.45) is 1.77. The smallest absolute Gasteiger partial charge is 0.410 e. The fourth-order valence-corrected chi connectivity index (χ4v) is 4.77.